The molecule has 0 aromatic heterocycles. The zero-order chi connectivity index (χ0) is 57.8. The molecule has 10 unspecified atom stereocenters. The molecule has 12 N–H and O–H groups in total. The highest BCUT2D eigenvalue weighted by Gasteiger charge is 2.69. The van der Waals surface area contributed by atoms with E-state index < -0.39 is 159 Å². The third-order valence-corrected chi connectivity index (χ3v) is 21.3. The Hall–Kier alpha value is -2.57. The molecule has 0 aromatic carbocycles. The molecule has 0 spiro atoms. The number of fused-ring (bicyclic) bond motifs is 7. The first-order valence-corrected chi connectivity index (χ1v) is 28.2. The van der Waals surface area contributed by atoms with Crippen LogP contribution in [0.2, 0.25) is 0 Å². The first-order chi connectivity index (χ1) is 36.9. The maximum atomic E-state index is 14.7. The van der Waals surface area contributed by atoms with Gasteiger partial charge >= 0.3 is 17.9 Å². The lowest BCUT2D eigenvalue weighted by atomic mass is 9.34. The molecule has 4 heterocycles. The number of carbonyl (C=O) groups excluding carboxylic acids is 2. The molecule has 450 valence electrons. The van der Waals surface area contributed by atoms with Crippen LogP contribution in [0.5, 0.6) is 0 Å². The number of ether oxygens (including phenoxy) is 9. The SMILES string of the molecule is CC(=O)O[C@H]1CO[C@@H](OC2CCC3(C)C(CCC4(C)C3CC=C3C5CC(C)(C(=O)O)CC(C(=O)O[C@@H]6O[C@H](CO[C@@H]7O[C@H](CO)[C@@H](O[C@@H]8O[C@@H](C)[C@H](O)[C@@H](O)[C@H]8O)[C@H](O)[C@H]7O)[C@@H](O)[C@H](O)[C@H]6O)C5CCC34C)C2(C)C)[C@H](O)[C@H]1O. The highest BCUT2D eigenvalue weighted by atomic mass is 16.8. The molecule has 9 aliphatic rings. The van der Waals surface area contributed by atoms with Gasteiger partial charge < -0.3 is 104 Å². The monoisotopic (exact) mass is 1130 g/mol. The van der Waals surface area contributed by atoms with Gasteiger partial charge in [0.1, 0.15) is 79.4 Å². The van der Waals surface area contributed by atoms with Gasteiger partial charge in [0.25, 0.3) is 0 Å². The average molecular weight is 1130 g/mol. The van der Waals surface area contributed by atoms with Gasteiger partial charge in [-0.2, -0.15) is 0 Å². The normalized spacial score (nSPS) is 52.5. The molecule has 4 saturated heterocycles. The number of aliphatic hydroxyl groups excluding tert-OH is 11. The van der Waals surface area contributed by atoms with Crippen molar-refractivity contribution in [2.75, 3.05) is 19.8 Å². The van der Waals surface area contributed by atoms with Crippen LogP contribution in [-0.2, 0) is 57.0 Å². The number of carbonyl (C=O) groups is 3. The van der Waals surface area contributed by atoms with Crippen molar-refractivity contribution in [3.63, 3.8) is 0 Å². The van der Waals surface area contributed by atoms with E-state index in [2.05, 4.69) is 40.7 Å². The van der Waals surface area contributed by atoms with E-state index in [0.717, 1.165) is 31.3 Å². The molecule has 0 aromatic rings. The van der Waals surface area contributed by atoms with Gasteiger partial charge in [-0.25, -0.2) is 0 Å². The van der Waals surface area contributed by atoms with Crippen molar-refractivity contribution >= 4 is 17.9 Å². The van der Waals surface area contributed by atoms with E-state index in [1.54, 1.807) is 6.92 Å². The third-order valence-electron chi connectivity index (χ3n) is 21.3. The first-order valence-electron chi connectivity index (χ1n) is 28.2. The van der Waals surface area contributed by atoms with Gasteiger partial charge in [-0.05, 0) is 117 Å². The summed E-state index contributed by atoms with van der Waals surface area (Å²) in [6, 6.07) is 0. The predicted molar refractivity (Wildman–Crippen MR) is 267 cm³/mol. The van der Waals surface area contributed by atoms with Crippen molar-refractivity contribution in [3.05, 3.63) is 11.6 Å². The Morgan fingerprint density at radius 2 is 1.30 bits per heavy atom. The first kappa shape index (κ1) is 61.0. The standard InChI is InChI=1S/C55H86O24/c1-22-34(58)37(61)41(65)48(73-22)78-44-28(19-56)75-46(43(67)39(44)63)71-21-30-35(59)38(62)42(66)49(76-30)79-45(68)26-18-52(5,50(69)70)17-25-24(26)11-15-54(7)27(25)9-10-32-53(6)14-13-33(51(3,4)31(53)12-16-55(32,54)8)77-47-40(64)36(60)29(20-72-47)74-23(2)57/h9,22,24-26,28-44,46-49,56,58-67H,10-21H2,1-8H3,(H,69,70)/t22-,24?,25?,26?,28+,29-,30+,31?,32?,33?,34-,35+,36-,37+,38-,39+,40+,41+,42+,43+,44+,46+,47-,48-,49-,52?,53?,54?,55?/m0/s1. The second-order valence-electron chi connectivity index (χ2n) is 26.1. The minimum Gasteiger partial charge on any atom is -0.481 e. The van der Waals surface area contributed by atoms with E-state index in [4.69, 9.17) is 42.6 Å². The molecule has 4 saturated carbocycles. The molecular formula is C55H86O24. The van der Waals surface area contributed by atoms with Crippen LogP contribution >= 0.6 is 0 Å². The lowest BCUT2D eigenvalue weighted by Gasteiger charge is -2.71. The second-order valence-corrected chi connectivity index (χ2v) is 26.1. The van der Waals surface area contributed by atoms with E-state index in [9.17, 15) is 75.7 Å². The summed E-state index contributed by atoms with van der Waals surface area (Å²) in [5.74, 6) is -3.77. The average Bonchev–Trinajstić information content (AvgIpc) is 3.00. The number of aliphatic carboxylic acids is 1. The van der Waals surface area contributed by atoms with Crippen LogP contribution < -0.4 is 0 Å². The largest absolute Gasteiger partial charge is 0.481 e. The molecule has 9 rings (SSSR count). The Morgan fingerprint density at radius 3 is 1.97 bits per heavy atom. The van der Waals surface area contributed by atoms with Gasteiger partial charge in [-0.1, -0.05) is 46.3 Å². The Balaban J connectivity index is 0.875. The fraction of sp³-hybridized carbons (Fsp3) is 0.909. The summed E-state index contributed by atoms with van der Waals surface area (Å²) in [7, 11) is 0. The van der Waals surface area contributed by atoms with Crippen LogP contribution in [0.4, 0.5) is 0 Å². The minimum atomic E-state index is -1.97. The summed E-state index contributed by atoms with van der Waals surface area (Å²) in [5.41, 5.74) is -1.38. The van der Waals surface area contributed by atoms with Gasteiger partial charge in [0.15, 0.2) is 25.0 Å². The number of aliphatic hydroxyl groups is 11. The number of hydrogen-bond donors (Lipinski definition) is 12. The third kappa shape index (κ3) is 10.4. The van der Waals surface area contributed by atoms with E-state index in [1.807, 2.05) is 0 Å². The van der Waals surface area contributed by atoms with Crippen LogP contribution in [0.25, 0.3) is 0 Å². The number of carboxylic acids is 1. The topological polar surface area (TPSA) is 377 Å². The smallest absolute Gasteiger partial charge is 0.311 e. The van der Waals surface area contributed by atoms with Crippen molar-refractivity contribution in [2.24, 2.45) is 56.7 Å². The number of carboxylic acid groups (broad SMARTS) is 1. The Labute approximate surface area is 459 Å². The summed E-state index contributed by atoms with van der Waals surface area (Å²) in [5, 5.41) is 129. The molecule has 24 nitrogen and oxygen atoms in total. The van der Waals surface area contributed by atoms with Crippen molar-refractivity contribution in [3.8, 4) is 0 Å². The van der Waals surface area contributed by atoms with Crippen molar-refractivity contribution in [1.29, 1.82) is 0 Å². The molecule has 8 fully saturated rings. The van der Waals surface area contributed by atoms with Gasteiger partial charge in [0, 0.05) is 6.92 Å². The molecule has 0 radical (unpaired) electrons. The molecule has 5 aliphatic carbocycles. The maximum absolute atomic E-state index is 14.7. The predicted octanol–water partition coefficient (Wildman–Crippen LogP) is -0.877. The molecule has 29 atom stereocenters. The highest BCUT2D eigenvalue weighted by molar-refractivity contribution is 5.78. The summed E-state index contributed by atoms with van der Waals surface area (Å²) in [6.07, 6.45) is -22.8. The summed E-state index contributed by atoms with van der Waals surface area (Å²) >= 11 is 0. The lowest BCUT2D eigenvalue weighted by Crippen LogP contribution is -2.65. The Bertz CT molecular complexity index is 2250. The number of esters is 2. The fourth-order valence-corrected chi connectivity index (χ4v) is 16.6. The van der Waals surface area contributed by atoms with Crippen LogP contribution in [0, 0.1) is 56.7 Å². The van der Waals surface area contributed by atoms with Gasteiger partial charge in [-0.15, -0.1) is 0 Å². The Morgan fingerprint density at radius 1 is 0.658 bits per heavy atom. The van der Waals surface area contributed by atoms with Crippen LogP contribution in [0.15, 0.2) is 11.6 Å². The molecular weight excluding hydrogens is 1040 g/mol. The van der Waals surface area contributed by atoms with Crippen molar-refractivity contribution in [2.45, 2.75) is 236 Å². The molecule has 4 aliphatic heterocycles. The van der Waals surface area contributed by atoms with Gasteiger partial charge in [-0.3, -0.25) is 14.4 Å². The maximum Gasteiger partial charge on any atom is 0.311 e. The highest BCUT2D eigenvalue weighted by Crippen LogP contribution is 2.75. The summed E-state index contributed by atoms with van der Waals surface area (Å²) < 4.78 is 51.9. The van der Waals surface area contributed by atoms with E-state index >= 15 is 0 Å². The zero-order valence-electron chi connectivity index (χ0n) is 46.3. The van der Waals surface area contributed by atoms with Crippen LogP contribution in [-0.4, -0.2) is 222 Å². The fourth-order valence-electron chi connectivity index (χ4n) is 16.6. The van der Waals surface area contributed by atoms with E-state index in [-0.39, 0.29) is 70.9 Å². The summed E-state index contributed by atoms with van der Waals surface area (Å²) in [4.78, 5) is 39.6. The lowest BCUT2D eigenvalue weighted by molar-refractivity contribution is -0.361. The quantitative estimate of drug-likeness (QED) is 0.0641. The molecule has 0 amide bonds. The number of rotatable bonds is 12. The molecule has 79 heavy (non-hydrogen) atoms. The van der Waals surface area contributed by atoms with E-state index in [0.29, 0.717) is 19.3 Å². The zero-order valence-corrected chi connectivity index (χ0v) is 46.3. The number of hydrogen-bond acceptors (Lipinski definition) is 23. The Kier molecular flexibility index (Phi) is 17.3. The van der Waals surface area contributed by atoms with Gasteiger partial charge in [0.05, 0.1) is 43.4 Å². The van der Waals surface area contributed by atoms with Gasteiger partial charge in [0.2, 0.25) is 6.29 Å². The second kappa shape index (κ2) is 22.5. The number of allylic oxidation sites excluding steroid dienone is 2. The van der Waals surface area contributed by atoms with Crippen molar-refractivity contribution in [1.82, 2.24) is 0 Å². The van der Waals surface area contributed by atoms with Crippen molar-refractivity contribution < 1.29 is 118 Å². The molecule has 0 bridgehead atoms. The van der Waals surface area contributed by atoms with Crippen LogP contribution in [0.1, 0.15) is 113 Å². The minimum absolute atomic E-state index is 0.0805. The van der Waals surface area contributed by atoms with Crippen LogP contribution in [0.3, 0.4) is 0 Å². The molecule has 24 heteroatoms. The summed E-state index contributed by atoms with van der Waals surface area (Å²) in [6.45, 7) is 14.1. The van der Waals surface area contributed by atoms with E-state index in [1.165, 1.54) is 13.8 Å².